The zero-order valence-corrected chi connectivity index (χ0v) is 24.7. The van der Waals surface area contributed by atoms with E-state index in [1.165, 1.54) is 77.0 Å². The fourth-order valence-corrected chi connectivity index (χ4v) is 5.87. The quantitative estimate of drug-likeness (QED) is 0.113. The second-order valence-electron chi connectivity index (χ2n) is 9.70. The van der Waals surface area contributed by atoms with Gasteiger partial charge in [0.2, 0.25) is 0 Å². The average Bonchev–Trinajstić information content (AvgIpc) is 2.89. The van der Waals surface area contributed by atoms with E-state index < -0.39 is 17.2 Å². The van der Waals surface area contributed by atoms with E-state index in [9.17, 15) is 9.79 Å². The van der Waals surface area contributed by atoms with E-state index in [-0.39, 0.29) is 0 Å². The normalized spacial score (nSPS) is 11.4. The smallest absolute Gasteiger partial charge is 0.417 e. The van der Waals surface area contributed by atoms with Gasteiger partial charge in [0.25, 0.3) is 0 Å². The maximum Gasteiger partial charge on any atom is 0.470 e. The minimum atomic E-state index is -2.62. The second kappa shape index (κ2) is 20.7. The number of rotatable bonds is 22. The van der Waals surface area contributed by atoms with Crippen LogP contribution in [0.1, 0.15) is 115 Å². The van der Waals surface area contributed by atoms with Crippen LogP contribution in [0.4, 0.5) is 0 Å². The van der Waals surface area contributed by atoms with Gasteiger partial charge in [0.15, 0.2) is 0 Å². The standard InChI is InChI=1S/C30H48O5P2/c1-3-5-7-9-11-13-15-21-27-23-17-19-25-29(27)33-37(35-36(31)32)34-30-26-20-18-24-28(30)22-16-14-12-10-8-6-4-2/h17-20,23-26,31-32H,3-16,21-22H2,1-2H3. The van der Waals surface area contributed by atoms with E-state index in [0.717, 1.165) is 36.8 Å². The molecule has 208 valence electrons. The molecule has 0 fully saturated rings. The monoisotopic (exact) mass is 550 g/mol. The maximum atomic E-state index is 9.60. The van der Waals surface area contributed by atoms with Crippen LogP contribution < -0.4 is 9.05 Å². The van der Waals surface area contributed by atoms with Gasteiger partial charge in [-0.3, -0.25) is 0 Å². The third-order valence-corrected chi connectivity index (χ3v) is 8.34. The molecule has 5 nitrogen and oxygen atoms in total. The van der Waals surface area contributed by atoms with E-state index in [1.807, 2.05) is 36.4 Å². The van der Waals surface area contributed by atoms with Gasteiger partial charge in [0, 0.05) is 0 Å². The first-order valence-electron chi connectivity index (χ1n) is 14.3. The molecule has 2 aromatic rings. The predicted octanol–water partition coefficient (Wildman–Crippen LogP) is 10.2. The fraction of sp³-hybridized carbons (Fsp3) is 0.600. The lowest BCUT2D eigenvalue weighted by molar-refractivity contribution is 0.331. The molecule has 0 saturated heterocycles. The summed E-state index contributed by atoms with van der Waals surface area (Å²) in [4.78, 5) is 19.2. The van der Waals surface area contributed by atoms with Crippen LogP contribution in [0.3, 0.4) is 0 Å². The molecule has 0 heterocycles. The van der Waals surface area contributed by atoms with Crippen molar-refractivity contribution in [3.63, 3.8) is 0 Å². The summed E-state index contributed by atoms with van der Waals surface area (Å²) in [6, 6.07) is 15.8. The SMILES string of the molecule is CCCCCCCCCc1ccccc1OP(Oc1ccccc1CCCCCCCCC)OP(O)O. The number of hydrogen-bond acceptors (Lipinski definition) is 5. The zero-order chi connectivity index (χ0) is 26.6. The first kappa shape index (κ1) is 32.0. The van der Waals surface area contributed by atoms with Crippen molar-refractivity contribution >= 4 is 17.2 Å². The van der Waals surface area contributed by atoms with Crippen molar-refractivity contribution in [2.45, 2.75) is 117 Å². The largest absolute Gasteiger partial charge is 0.470 e. The molecule has 2 aromatic carbocycles. The molecule has 0 aliphatic rings. The Hall–Kier alpha value is -1.22. The summed E-state index contributed by atoms with van der Waals surface area (Å²) in [6.45, 7) is 4.48. The summed E-state index contributed by atoms with van der Waals surface area (Å²) in [5.41, 5.74) is 2.18. The predicted molar refractivity (Wildman–Crippen MR) is 157 cm³/mol. The molecule has 0 radical (unpaired) electrons. The number of hydrogen-bond donors (Lipinski definition) is 2. The van der Waals surface area contributed by atoms with Crippen molar-refractivity contribution < 1.29 is 23.1 Å². The van der Waals surface area contributed by atoms with Gasteiger partial charge >= 0.3 is 17.2 Å². The lowest BCUT2D eigenvalue weighted by atomic mass is 10.0. The van der Waals surface area contributed by atoms with Crippen LogP contribution in [0.15, 0.2) is 48.5 Å². The molecule has 0 spiro atoms. The summed E-state index contributed by atoms with van der Waals surface area (Å²) >= 11 is 0. The molecule has 37 heavy (non-hydrogen) atoms. The van der Waals surface area contributed by atoms with Crippen LogP contribution in [0.25, 0.3) is 0 Å². The Morgan fingerprint density at radius 3 is 1.32 bits per heavy atom. The van der Waals surface area contributed by atoms with Gasteiger partial charge in [-0.15, -0.1) is 0 Å². The van der Waals surface area contributed by atoms with Crippen molar-refractivity contribution in [3.8, 4) is 11.5 Å². The average molecular weight is 551 g/mol. The highest BCUT2D eigenvalue weighted by Crippen LogP contribution is 2.51. The molecule has 0 amide bonds. The van der Waals surface area contributed by atoms with E-state index in [0.29, 0.717) is 11.5 Å². The Bertz CT molecular complexity index is 770. The number of para-hydroxylation sites is 2. The summed E-state index contributed by atoms with van der Waals surface area (Å²) in [5.74, 6) is 1.36. The topological polar surface area (TPSA) is 68.2 Å². The molecular weight excluding hydrogens is 502 g/mol. The first-order valence-corrected chi connectivity index (χ1v) is 16.6. The zero-order valence-electron chi connectivity index (χ0n) is 22.9. The molecule has 0 saturated carbocycles. The van der Waals surface area contributed by atoms with Gasteiger partial charge in [0.05, 0.1) is 0 Å². The molecule has 0 aliphatic heterocycles. The van der Waals surface area contributed by atoms with Crippen molar-refractivity contribution in [1.82, 2.24) is 0 Å². The molecule has 0 bridgehead atoms. The van der Waals surface area contributed by atoms with Gasteiger partial charge in [-0.1, -0.05) is 127 Å². The summed E-state index contributed by atoms with van der Waals surface area (Å²) < 4.78 is 17.6. The van der Waals surface area contributed by atoms with Gasteiger partial charge in [-0.05, 0) is 48.9 Å². The minimum Gasteiger partial charge on any atom is -0.417 e. The highest BCUT2D eigenvalue weighted by atomic mass is 31.2. The molecule has 0 atom stereocenters. The van der Waals surface area contributed by atoms with Gasteiger partial charge in [-0.2, -0.15) is 0 Å². The van der Waals surface area contributed by atoms with Crippen molar-refractivity contribution in [3.05, 3.63) is 59.7 Å². The maximum absolute atomic E-state index is 9.60. The van der Waals surface area contributed by atoms with Gasteiger partial charge < -0.3 is 18.8 Å². The summed E-state index contributed by atoms with van der Waals surface area (Å²) in [6.07, 6.45) is 19.4. The molecule has 0 aliphatic carbocycles. The molecule has 0 unspecified atom stereocenters. The highest BCUT2D eigenvalue weighted by Gasteiger charge is 2.24. The van der Waals surface area contributed by atoms with E-state index >= 15 is 0 Å². The van der Waals surface area contributed by atoms with Crippen molar-refractivity contribution in [2.24, 2.45) is 0 Å². The minimum absolute atomic E-state index is 0.681. The Kier molecular flexibility index (Phi) is 17.9. The van der Waals surface area contributed by atoms with Crippen LogP contribution in [0, 0.1) is 0 Å². The van der Waals surface area contributed by atoms with E-state index in [2.05, 4.69) is 26.0 Å². The van der Waals surface area contributed by atoms with Crippen LogP contribution in [0.5, 0.6) is 11.5 Å². The Morgan fingerprint density at radius 2 is 0.919 bits per heavy atom. The fourth-order valence-electron chi connectivity index (χ4n) is 4.42. The van der Waals surface area contributed by atoms with E-state index in [1.54, 1.807) is 0 Å². The Balaban J connectivity index is 1.93. The summed E-state index contributed by atoms with van der Waals surface area (Å²) in [5, 5.41) is 0. The number of benzene rings is 2. The first-order chi connectivity index (χ1) is 18.1. The van der Waals surface area contributed by atoms with Crippen LogP contribution >= 0.6 is 17.2 Å². The number of aryl methyl sites for hydroxylation is 2. The molecular formula is C30H48O5P2. The van der Waals surface area contributed by atoms with Crippen LogP contribution in [-0.4, -0.2) is 9.79 Å². The van der Waals surface area contributed by atoms with Gasteiger partial charge in [-0.25, -0.2) is 4.31 Å². The Morgan fingerprint density at radius 1 is 0.541 bits per heavy atom. The highest BCUT2D eigenvalue weighted by molar-refractivity contribution is 7.55. The van der Waals surface area contributed by atoms with Crippen LogP contribution in [0.2, 0.25) is 0 Å². The van der Waals surface area contributed by atoms with Crippen molar-refractivity contribution in [1.29, 1.82) is 0 Å². The second-order valence-corrected chi connectivity index (χ2v) is 11.7. The van der Waals surface area contributed by atoms with Crippen LogP contribution in [-0.2, 0) is 17.2 Å². The van der Waals surface area contributed by atoms with Crippen molar-refractivity contribution in [2.75, 3.05) is 0 Å². The van der Waals surface area contributed by atoms with E-state index in [4.69, 9.17) is 13.4 Å². The molecule has 2 N–H and O–H groups in total. The molecule has 7 heteroatoms. The van der Waals surface area contributed by atoms with Gasteiger partial charge in [0.1, 0.15) is 11.5 Å². The third-order valence-electron chi connectivity index (χ3n) is 6.53. The Labute approximate surface area is 228 Å². The molecule has 2 rings (SSSR count). The lowest BCUT2D eigenvalue weighted by Crippen LogP contribution is -2.02. The third kappa shape index (κ3) is 14.5. The summed E-state index contributed by atoms with van der Waals surface area (Å²) in [7, 11) is -4.63. The lowest BCUT2D eigenvalue weighted by Gasteiger charge is -2.20. The number of unbranched alkanes of at least 4 members (excludes halogenated alkanes) is 12. The molecule has 0 aromatic heterocycles.